The van der Waals surface area contributed by atoms with Crippen LogP contribution in [0, 0.1) is 12.7 Å². The van der Waals surface area contributed by atoms with Crippen LogP contribution in [-0.2, 0) is 7.05 Å². The molecule has 0 spiro atoms. The lowest BCUT2D eigenvalue weighted by Gasteiger charge is -2.12. The molecule has 0 fully saturated rings. The van der Waals surface area contributed by atoms with Crippen LogP contribution in [0.3, 0.4) is 0 Å². The highest BCUT2D eigenvalue weighted by Gasteiger charge is 2.17. The van der Waals surface area contributed by atoms with E-state index in [1.54, 1.807) is 29.8 Å². The number of carbonyl (C=O) groups excluding carboxylic acids is 1. The molecule has 4 nitrogen and oxygen atoms in total. The molecule has 0 bridgehead atoms. The summed E-state index contributed by atoms with van der Waals surface area (Å²) in [5.74, 6) is -0.572. The van der Waals surface area contributed by atoms with Crippen LogP contribution in [0.5, 0.6) is 0 Å². The highest BCUT2D eigenvalue weighted by atomic mass is 35.5. The van der Waals surface area contributed by atoms with Crippen LogP contribution in [0.25, 0.3) is 11.0 Å². The van der Waals surface area contributed by atoms with Gasteiger partial charge < -0.3 is 9.88 Å². The maximum atomic E-state index is 14.7. The molecule has 0 aliphatic heterocycles. The maximum Gasteiger partial charge on any atom is 0.175 e. The van der Waals surface area contributed by atoms with E-state index in [2.05, 4.69) is 10.3 Å². The second-order valence-corrected chi connectivity index (χ2v) is 5.51. The molecule has 0 amide bonds. The average molecular weight is 318 g/mol. The zero-order chi connectivity index (χ0) is 15.9. The summed E-state index contributed by atoms with van der Waals surface area (Å²) in [5, 5.41) is 3.36. The van der Waals surface area contributed by atoms with Gasteiger partial charge in [0.1, 0.15) is 5.52 Å². The Kier molecular flexibility index (Phi) is 3.58. The summed E-state index contributed by atoms with van der Waals surface area (Å²) in [7, 11) is 1.74. The lowest BCUT2D eigenvalue weighted by Crippen LogP contribution is -2.01. The van der Waals surface area contributed by atoms with E-state index in [0.717, 1.165) is 5.56 Å². The van der Waals surface area contributed by atoms with Crippen molar-refractivity contribution in [2.45, 2.75) is 6.92 Å². The third kappa shape index (κ3) is 2.33. The van der Waals surface area contributed by atoms with Crippen LogP contribution < -0.4 is 5.32 Å². The number of aromatic nitrogens is 2. The van der Waals surface area contributed by atoms with Gasteiger partial charge >= 0.3 is 0 Å². The zero-order valence-electron chi connectivity index (χ0n) is 12.0. The number of anilines is 2. The van der Waals surface area contributed by atoms with Crippen molar-refractivity contribution in [3.05, 3.63) is 52.6 Å². The second kappa shape index (κ2) is 5.42. The van der Waals surface area contributed by atoms with Crippen molar-refractivity contribution < 1.29 is 9.18 Å². The van der Waals surface area contributed by atoms with Gasteiger partial charge in [0.15, 0.2) is 12.1 Å². The number of aldehydes is 1. The van der Waals surface area contributed by atoms with Gasteiger partial charge in [0, 0.05) is 12.6 Å². The lowest BCUT2D eigenvalue weighted by atomic mass is 10.1. The van der Waals surface area contributed by atoms with Gasteiger partial charge in [0.2, 0.25) is 0 Å². The highest BCUT2D eigenvalue weighted by molar-refractivity contribution is 6.33. The molecule has 0 atom stereocenters. The number of rotatable bonds is 3. The summed E-state index contributed by atoms with van der Waals surface area (Å²) in [6, 6.07) is 6.96. The van der Waals surface area contributed by atoms with Crippen LogP contribution >= 0.6 is 11.6 Å². The summed E-state index contributed by atoms with van der Waals surface area (Å²) in [6.07, 6.45) is 2.12. The first kappa shape index (κ1) is 14.5. The Bertz CT molecular complexity index is 889. The number of hydrogen-bond acceptors (Lipinski definition) is 3. The summed E-state index contributed by atoms with van der Waals surface area (Å²) >= 11 is 6.16. The fraction of sp³-hybridized carbons (Fsp3) is 0.125. The molecule has 0 saturated carbocycles. The largest absolute Gasteiger partial charge is 0.351 e. The molecular weight excluding hydrogens is 305 g/mol. The summed E-state index contributed by atoms with van der Waals surface area (Å²) in [5.41, 5.74) is 2.58. The minimum atomic E-state index is -0.572. The molecule has 0 unspecified atom stereocenters. The molecule has 0 aliphatic carbocycles. The Balaban J connectivity index is 2.17. The van der Waals surface area contributed by atoms with Crippen molar-refractivity contribution in [3.63, 3.8) is 0 Å². The number of nitrogens with one attached hydrogen (secondary N) is 1. The van der Waals surface area contributed by atoms with Crippen molar-refractivity contribution in [2.24, 2.45) is 7.05 Å². The maximum absolute atomic E-state index is 14.7. The molecule has 3 rings (SSSR count). The first-order chi connectivity index (χ1) is 10.5. The Morgan fingerprint density at radius 3 is 2.82 bits per heavy atom. The van der Waals surface area contributed by atoms with Gasteiger partial charge in [-0.05, 0) is 30.7 Å². The number of halogens is 2. The lowest BCUT2D eigenvalue weighted by molar-refractivity contribution is 0.112. The number of aryl methyl sites for hydroxylation is 2. The molecule has 3 aromatic rings. The molecule has 0 saturated heterocycles. The number of benzene rings is 2. The van der Waals surface area contributed by atoms with E-state index in [0.29, 0.717) is 22.5 Å². The Morgan fingerprint density at radius 1 is 1.36 bits per heavy atom. The minimum absolute atomic E-state index is 0.0759. The van der Waals surface area contributed by atoms with Gasteiger partial charge in [-0.25, -0.2) is 9.37 Å². The van der Waals surface area contributed by atoms with Crippen molar-refractivity contribution >= 4 is 40.3 Å². The molecule has 2 aromatic carbocycles. The molecule has 1 N–H and O–H groups in total. The van der Waals surface area contributed by atoms with Crippen LogP contribution in [0.4, 0.5) is 15.8 Å². The summed E-state index contributed by atoms with van der Waals surface area (Å²) < 4.78 is 16.3. The molecule has 112 valence electrons. The number of hydrogen-bond donors (Lipinski definition) is 1. The second-order valence-electron chi connectivity index (χ2n) is 5.10. The van der Waals surface area contributed by atoms with Crippen molar-refractivity contribution in [2.75, 3.05) is 5.32 Å². The minimum Gasteiger partial charge on any atom is -0.351 e. The van der Waals surface area contributed by atoms with Gasteiger partial charge in [-0.15, -0.1) is 0 Å². The topological polar surface area (TPSA) is 46.9 Å². The fourth-order valence-corrected chi connectivity index (χ4v) is 2.60. The summed E-state index contributed by atoms with van der Waals surface area (Å²) in [6.45, 7) is 1.91. The number of imidazole rings is 1. The first-order valence-electron chi connectivity index (χ1n) is 6.63. The molecule has 0 radical (unpaired) electrons. The fourth-order valence-electron chi connectivity index (χ4n) is 2.32. The van der Waals surface area contributed by atoms with Gasteiger partial charge in [0.25, 0.3) is 0 Å². The monoisotopic (exact) mass is 317 g/mol. The van der Waals surface area contributed by atoms with Crippen LogP contribution in [0.2, 0.25) is 5.02 Å². The van der Waals surface area contributed by atoms with Gasteiger partial charge in [-0.3, -0.25) is 4.79 Å². The van der Waals surface area contributed by atoms with Gasteiger partial charge in [-0.2, -0.15) is 0 Å². The quantitative estimate of drug-likeness (QED) is 0.735. The molecule has 1 heterocycles. The Morgan fingerprint density at radius 2 is 2.14 bits per heavy atom. The molecule has 1 aromatic heterocycles. The van der Waals surface area contributed by atoms with Crippen LogP contribution in [0.15, 0.2) is 30.6 Å². The van der Waals surface area contributed by atoms with E-state index < -0.39 is 5.82 Å². The van der Waals surface area contributed by atoms with Gasteiger partial charge in [-0.1, -0.05) is 17.7 Å². The molecular formula is C16H13ClFN3O. The third-order valence-corrected chi connectivity index (χ3v) is 3.81. The summed E-state index contributed by atoms with van der Waals surface area (Å²) in [4.78, 5) is 15.3. The molecule has 22 heavy (non-hydrogen) atoms. The molecule has 6 heteroatoms. The van der Waals surface area contributed by atoms with Crippen LogP contribution in [0.1, 0.15) is 15.9 Å². The highest BCUT2D eigenvalue weighted by Crippen LogP contribution is 2.32. The number of fused-ring (bicyclic) bond motifs is 1. The standard InChI is InChI=1S/C16H13ClFN3O/c1-9-3-4-12(11(17)5-9)20-15-10(7-22)6-13-16(14(15)18)19-8-21(13)2/h3-8,20H,1-2H3. The van der Waals surface area contributed by atoms with Crippen molar-refractivity contribution in [3.8, 4) is 0 Å². The normalized spacial score (nSPS) is 10.9. The predicted molar refractivity (Wildman–Crippen MR) is 85.5 cm³/mol. The Hall–Kier alpha value is -2.40. The molecule has 0 aliphatic rings. The predicted octanol–water partition coefficient (Wildman–Crippen LogP) is 4.23. The first-order valence-corrected chi connectivity index (χ1v) is 7.01. The van der Waals surface area contributed by atoms with E-state index in [9.17, 15) is 9.18 Å². The van der Waals surface area contributed by atoms with Crippen LogP contribution in [-0.4, -0.2) is 15.8 Å². The van der Waals surface area contributed by atoms with Gasteiger partial charge in [0.05, 0.1) is 28.2 Å². The zero-order valence-corrected chi connectivity index (χ0v) is 12.8. The smallest absolute Gasteiger partial charge is 0.175 e. The van der Waals surface area contributed by atoms with E-state index in [1.165, 1.54) is 6.33 Å². The SMILES string of the molecule is Cc1ccc(Nc2c(C=O)cc3c(ncn3C)c2F)c(Cl)c1. The Labute approximate surface area is 131 Å². The number of nitrogens with zero attached hydrogens (tertiary/aromatic N) is 2. The van der Waals surface area contributed by atoms with E-state index >= 15 is 0 Å². The van der Waals surface area contributed by atoms with E-state index in [1.807, 2.05) is 13.0 Å². The third-order valence-electron chi connectivity index (χ3n) is 3.50. The average Bonchev–Trinajstić information content (AvgIpc) is 2.85. The van der Waals surface area contributed by atoms with E-state index in [-0.39, 0.29) is 16.8 Å². The van der Waals surface area contributed by atoms with Crippen molar-refractivity contribution in [1.82, 2.24) is 9.55 Å². The number of carbonyl (C=O) groups is 1. The van der Waals surface area contributed by atoms with E-state index in [4.69, 9.17) is 11.6 Å². The van der Waals surface area contributed by atoms with Crippen molar-refractivity contribution in [1.29, 1.82) is 0 Å².